The van der Waals surface area contributed by atoms with Crippen LogP contribution in [0.15, 0.2) is 15.9 Å². The number of rotatable bonds is 2. The maximum Gasteiger partial charge on any atom is 0.0567 e. The first-order chi connectivity index (χ1) is 5.41. The van der Waals surface area contributed by atoms with Crippen molar-refractivity contribution in [3.8, 4) is 0 Å². The van der Waals surface area contributed by atoms with Crippen LogP contribution in [0.3, 0.4) is 0 Å². The Morgan fingerprint density at radius 2 is 2.17 bits per heavy atom. The standard InChI is InChI=1S/C8H13BrN2S/c1-8(2,11)7(10)6-3-5(9)4-12-6/h3-4,7H,10-11H2,1-2H3. The van der Waals surface area contributed by atoms with E-state index in [1.165, 1.54) is 0 Å². The minimum Gasteiger partial charge on any atom is -0.324 e. The fourth-order valence-electron chi connectivity index (χ4n) is 0.858. The molecule has 0 aliphatic carbocycles. The Morgan fingerprint density at radius 1 is 1.58 bits per heavy atom. The molecule has 0 fully saturated rings. The first kappa shape index (κ1) is 10.2. The van der Waals surface area contributed by atoms with E-state index in [0.29, 0.717) is 0 Å². The summed E-state index contributed by atoms with van der Waals surface area (Å²) in [5.74, 6) is 0. The molecule has 12 heavy (non-hydrogen) atoms. The summed E-state index contributed by atoms with van der Waals surface area (Å²) >= 11 is 5.01. The molecule has 0 saturated carbocycles. The van der Waals surface area contributed by atoms with Gasteiger partial charge in [-0.2, -0.15) is 0 Å². The topological polar surface area (TPSA) is 52.0 Å². The van der Waals surface area contributed by atoms with E-state index < -0.39 is 0 Å². The molecule has 0 aromatic carbocycles. The lowest BCUT2D eigenvalue weighted by Gasteiger charge is -2.25. The number of thiophene rings is 1. The third-order valence-corrected chi connectivity index (χ3v) is 3.47. The minimum atomic E-state index is -0.357. The van der Waals surface area contributed by atoms with Crippen molar-refractivity contribution in [3.05, 3.63) is 20.8 Å². The molecule has 1 atom stereocenters. The molecule has 1 aromatic rings. The van der Waals surface area contributed by atoms with Crippen LogP contribution in [0.2, 0.25) is 0 Å². The molecule has 2 nitrogen and oxygen atoms in total. The molecule has 1 aromatic heterocycles. The van der Waals surface area contributed by atoms with Crippen molar-refractivity contribution in [2.24, 2.45) is 11.5 Å². The smallest absolute Gasteiger partial charge is 0.0567 e. The zero-order valence-electron chi connectivity index (χ0n) is 7.17. The largest absolute Gasteiger partial charge is 0.324 e. The first-order valence-corrected chi connectivity index (χ1v) is 5.37. The number of hydrogen-bond acceptors (Lipinski definition) is 3. The normalized spacial score (nSPS) is 14.8. The molecular formula is C8H13BrN2S. The van der Waals surface area contributed by atoms with Crippen LogP contribution in [0.4, 0.5) is 0 Å². The third-order valence-electron chi connectivity index (χ3n) is 1.70. The van der Waals surface area contributed by atoms with Gasteiger partial charge in [0.15, 0.2) is 0 Å². The van der Waals surface area contributed by atoms with Gasteiger partial charge in [0.25, 0.3) is 0 Å². The SMILES string of the molecule is CC(C)(N)C(N)c1cc(Br)cs1. The second-order valence-corrected chi connectivity index (χ2v) is 5.32. The summed E-state index contributed by atoms with van der Waals surface area (Å²) in [5.41, 5.74) is 11.5. The highest BCUT2D eigenvalue weighted by Crippen LogP contribution is 2.28. The highest BCUT2D eigenvalue weighted by atomic mass is 79.9. The van der Waals surface area contributed by atoms with Crippen molar-refractivity contribution in [1.82, 2.24) is 0 Å². The molecule has 68 valence electrons. The van der Waals surface area contributed by atoms with Gasteiger partial charge in [-0.15, -0.1) is 11.3 Å². The number of hydrogen-bond donors (Lipinski definition) is 2. The fourth-order valence-corrected chi connectivity index (χ4v) is 2.50. The van der Waals surface area contributed by atoms with Gasteiger partial charge in [0, 0.05) is 20.3 Å². The van der Waals surface area contributed by atoms with Crippen molar-refractivity contribution in [1.29, 1.82) is 0 Å². The molecule has 0 aliphatic heterocycles. The Kier molecular flexibility index (Phi) is 2.93. The van der Waals surface area contributed by atoms with Crippen LogP contribution in [-0.4, -0.2) is 5.54 Å². The molecule has 1 rings (SSSR count). The predicted octanol–water partition coefficient (Wildman–Crippen LogP) is 2.25. The van der Waals surface area contributed by atoms with Gasteiger partial charge in [0.2, 0.25) is 0 Å². The fraction of sp³-hybridized carbons (Fsp3) is 0.500. The summed E-state index contributed by atoms with van der Waals surface area (Å²) < 4.78 is 1.07. The third kappa shape index (κ3) is 2.29. The lowest BCUT2D eigenvalue weighted by Crippen LogP contribution is -2.43. The van der Waals surface area contributed by atoms with Gasteiger partial charge < -0.3 is 11.5 Å². The van der Waals surface area contributed by atoms with Gasteiger partial charge >= 0.3 is 0 Å². The van der Waals surface area contributed by atoms with Crippen LogP contribution in [0.25, 0.3) is 0 Å². The van der Waals surface area contributed by atoms with Crippen molar-refractivity contribution in [2.75, 3.05) is 0 Å². The van der Waals surface area contributed by atoms with Gasteiger partial charge in [-0.3, -0.25) is 0 Å². The van der Waals surface area contributed by atoms with E-state index in [1.807, 2.05) is 25.3 Å². The summed E-state index contributed by atoms with van der Waals surface area (Å²) in [6, 6.07) is 1.93. The van der Waals surface area contributed by atoms with E-state index in [0.717, 1.165) is 9.35 Å². The second kappa shape index (κ2) is 3.46. The van der Waals surface area contributed by atoms with E-state index in [1.54, 1.807) is 11.3 Å². The van der Waals surface area contributed by atoms with E-state index in [9.17, 15) is 0 Å². The van der Waals surface area contributed by atoms with Gasteiger partial charge in [0.05, 0.1) is 6.04 Å². The van der Waals surface area contributed by atoms with E-state index >= 15 is 0 Å². The Hall–Kier alpha value is 0.1000. The Bertz CT molecular complexity index is 264. The molecule has 0 spiro atoms. The molecule has 1 unspecified atom stereocenters. The van der Waals surface area contributed by atoms with E-state index in [-0.39, 0.29) is 11.6 Å². The second-order valence-electron chi connectivity index (χ2n) is 3.47. The average Bonchev–Trinajstić information content (AvgIpc) is 2.32. The lowest BCUT2D eigenvalue weighted by atomic mass is 9.96. The van der Waals surface area contributed by atoms with Crippen molar-refractivity contribution in [2.45, 2.75) is 25.4 Å². The number of nitrogens with two attached hydrogens (primary N) is 2. The maximum absolute atomic E-state index is 5.95. The summed E-state index contributed by atoms with van der Waals surface area (Å²) in [6.45, 7) is 3.87. The van der Waals surface area contributed by atoms with Crippen molar-refractivity contribution < 1.29 is 0 Å². The molecule has 0 radical (unpaired) electrons. The summed E-state index contributed by atoms with van der Waals surface area (Å²) in [5, 5.41) is 2.01. The van der Waals surface area contributed by atoms with Crippen LogP contribution < -0.4 is 11.5 Å². The van der Waals surface area contributed by atoms with Gasteiger partial charge in [-0.25, -0.2) is 0 Å². The zero-order valence-corrected chi connectivity index (χ0v) is 9.58. The van der Waals surface area contributed by atoms with Crippen LogP contribution >= 0.6 is 27.3 Å². The first-order valence-electron chi connectivity index (χ1n) is 3.69. The van der Waals surface area contributed by atoms with Gasteiger partial charge in [0.1, 0.15) is 0 Å². The predicted molar refractivity (Wildman–Crippen MR) is 57.2 cm³/mol. The number of halogens is 1. The zero-order chi connectivity index (χ0) is 9.35. The molecule has 4 N–H and O–H groups in total. The molecule has 0 saturated heterocycles. The quantitative estimate of drug-likeness (QED) is 0.844. The van der Waals surface area contributed by atoms with Crippen molar-refractivity contribution in [3.63, 3.8) is 0 Å². The summed E-state index contributed by atoms with van der Waals surface area (Å²) in [7, 11) is 0. The minimum absolute atomic E-state index is 0.0891. The Morgan fingerprint density at radius 3 is 2.50 bits per heavy atom. The molecule has 4 heteroatoms. The van der Waals surface area contributed by atoms with E-state index in [4.69, 9.17) is 11.5 Å². The van der Waals surface area contributed by atoms with Crippen molar-refractivity contribution >= 4 is 27.3 Å². The summed E-state index contributed by atoms with van der Waals surface area (Å²) in [4.78, 5) is 1.12. The van der Waals surface area contributed by atoms with Crippen LogP contribution in [0.5, 0.6) is 0 Å². The van der Waals surface area contributed by atoms with Gasteiger partial charge in [-0.05, 0) is 35.8 Å². The van der Waals surface area contributed by atoms with E-state index in [2.05, 4.69) is 15.9 Å². The van der Waals surface area contributed by atoms with Crippen LogP contribution in [0.1, 0.15) is 24.8 Å². The molecule has 0 aliphatic rings. The Balaban J connectivity index is 2.85. The molecule has 0 bridgehead atoms. The molecule has 1 heterocycles. The lowest BCUT2D eigenvalue weighted by molar-refractivity contribution is 0.425. The summed E-state index contributed by atoms with van der Waals surface area (Å²) in [6.07, 6.45) is 0. The van der Waals surface area contributed by atoms with Crippen LogP contribution in [-0.2, 0) is 0 Å². The highest BCUT2D eigenvalue weighted by Gasteiger charge is 2.23. The maximum atomic E-state index is 5.95. The Labute approximate surface area is 85.1 Å². The molecular weight excluding hydrogens is 236 g/mol. The van der Waals surface area contributed by atoms with Gasteiger partial charge in [-0.1, -0.05) is 0 Å². The average molecular weight is 249 g/mol. The monoisotopic (exact) mass is 248 g/mol. The molecule has 0 amide bonds. The van der Waals surface area contributed by atoms with Crippen LogP contribution in [0, 0.1) is 0 Å². The highest BCUT2D eigenvalue weighted by molar-refractivity contribution is 9.10.